The zero-order chi connectivity index (χ0) is 11.4. The number of benzene rings is 2. The molecular formula is C13H9NO2. The van der Waals surface area contributed by atoms with Gasteiger partial charge in [-0.2, -0.15) is 5.26 Å². The van der Waals surface area contributed by atoms with E-state index in [1.807, 2.05) is 42.5 Å². The van der Waals surface area contributed by atoms with Crippen LogP contribution in [0.15, 0.2) is 42.5 Å². The van der Waals surface area contributed by atoms with Gasteiger partial charge in [-0.25, -0.2) is 0 Å². The van der Waals surface area contributed by atoms with E-state index in [2.05, 4.69) is 0 Å². The zero-order valence-electron chi connectivity index (χ0n) is 8.46. The smallest absolute Gasteiger partial charge is 0.294 e. The van der Waals surface area contributed by atoms with Crippen LogP contribution in [0.2, 0.25) is 0 Å². The summed E-state index contributed by atoms with van der Waals surface area (Å²) in [6.45, 7) is 0.301. The summed E-state index contributed by atoms with van der Waals surface area (Å²) in [6.07, 6.45) is -0.844. The van der Waals surface area contributed by atoms with Gasteiger partial charge in [0.1, 0.15) is 6.07 Å². The van der Waals surface area contributed by atoms with Crippen LogP contribution in [0.4, 0.5) is 0 Å². The van der Waals surface area contributed by atoms with Gasteiger partial charge in [0, 0.05) is 5.56 Å². The number of nitrogens with zero attached hydrogens (tertiary/aromatic N) is 1. The van der Waals surface area contributed by atoms with Gasteiger partial charge in [-0.05, 0) is 10.8 Å². The maximum absolute atomic E-state index is 10.3. The van der Waals surface area contributed by atoms with Crippen LogP contribution in [-0.2, 0) is 9.53 Å². The third-order valence-electron chi connectivity index (χ3n) is 2.41. The molecule has 2 aromatic rings. The second-order valence-corrected chi connectivity index (χ2v) is 3.31. The molecule has 0 aliphatic carbocycles. The Morgan fingerprint density at radius 3 is 2.69 bits per heavy atom. The van der Waals surface area contributed by atoms with Crippen molar-refractivity contribution in [1.82, 2.24) is 0 Å². The Hall–Kier alpha value is -2.34. The molecule has 0 radical (unpaired) electrons. The molecule has 0 saturated heterocycles. The topological polar surface area (TPSA) is 50.1 Å². The Kier molecular flexibility index (Phi) is 2.84. The highest BCUT2D eigenvalue weighted by molar-refractivity contribution is 5.86. The van der Waals surface area contributed by atoms with E-state index in [4.69, 9.17) is 10.00 Å². The predicted octanol–water partition coefficient (Wildman–Crippen LogP) is 2.58. The lowest BCUT2D eigenvalue weighted by Gasteiger charge is -2.10. The molecular weight excluding hydrogens is 202 g/mol. The number of hydrogen-bond acceptors (Lipinski definition) is 3. The Bertz CT molecular complexity index is 552. The highest BCUT2D eigenvalue weighted by atomic mass is 16.5. The van der Waals surface area contributed by atoms with Crippen molar-refractivity contribution in [3.8, 4) is 6.07 Å². The third kappa shape index (κ3) is 1.73. The van der Waals surface area contributed by atoms with Gasteiger partial charge in [0.05, 0.1) is 0 Å². The Morgan fingerprint density at radius 2 is 1.94 bits per heavy atom. The number of carbonyl (C=O) groups is 1. The second kappa shape index (κ2) is 4.45. The molecule has 0 fully saturated rings. The van der Waals surface area contributed by atoms with E-state index in [1.54, 1.807) is 6.07 Å². The van der Waals surface area contributed by atoms with Crippen LogP contribution in [-0.4, -0.2) is 6.47 Å². The normalized spacial score (nSPS) is 11.7. The van der Waals surface area contributed by atoms with Gasteiger partial charge < -0.3 is 4.74 Å². The van der Waals surface area contributed by atoms with Gasteiger partial charge in [-0.3, -0.25) is 4.79 Å². The van der Waals surface area contributed by atoms with E-state index < -0.39 is 6.10 Å². The molecule has 78 valence electrons. The SMILES string of the molecule is N#CC(OC=O)c1cccc2ccccc12. The summed E-state index contributed by atoms with van der Waals surface area (Å²) in [5, 5.41) is 10.9. The van der Waals surface area contributed by atoms with Gasteiger partial charge in [0.15, 0.2) is 0 Å². The maximum Gasteiger partial charge on any atom is 0.294 e. The van der Waals surface area contributed by atoms with Crippen molar-refractivity contribution in [3.63, 3.8) is 0 Å². The monoisotopic (exact) mass is 211 g/mol. The molecule has 0 spiro atoms. The Balaban J connectivity index is 2.59. The average Bonchev–Trinajstić information content (AvgIpc) is 2.35. The van der Waals surface area contributed by atoms with Crippen LogP contribution in [0.1, 0.15) is 11.7 Å². The second-order valence-electron chi connectivity index (χ2n) is 3.31. The van der Waals surface area contributed by atoms with Crippen molar-refractivity contribution in [3.05, 3.63) is 48.0 Å². The molecule has 0 N–H and O–H groups in total. The van der Waals surface area contributed by atoms with Crippen LogP contribution < -0.4 is 0 Å². The fourth-order valence-electron chi connectivity index (χ4n) is 1.71. The van der Waals surface area contributed by atoms with Gasteiger partial charge in [-0.15, -0.1) is 0 Å². The minimum Gasteiger partial charge on any atom is -0.444 e. The number of rotatable bonds is 3. The summed E-state index contributed by atoms with van der Waals surface area (Å²) in [5.74, 6) is 0. The quantitative estimate of drug-likeness (QED) is 0.733. The lowest BCUT2D eigenvalue weighted by Crippen LogP contribution is -2.00. The van der Waals surface area contributed by atoms with Gasteiger partial charge in [0.2, 0.25) is 6.10 Å². The van der Waals surface area contributed by atoms with Gasteiger partial charge in [-0.1, -0.05) is 42.5 Å². The minimum atomic E-state index is -0.844. The zero-order valence-corrected chi connectivity index (χ0v) is 8.46. The van der Waals surface area contributed by atoms with Crippen molar-refractivity contribution in [2.24, 2.45) is 0 Å². The molecule has 2 aromatic carbocycles. The van der Waals surface area contributed by atoms with E-state index in [1.165, 1.54) is 0 Å². The summed E-state index contributed by atoms with van der Waals surface area (Å²) in [6, 6.07) is 15.2. The summed E-state index contributed by atoms with van der Waals surface area (Å²) < 4.78 is 4.74. The summed E-state index contributed by atoms with van der Waals surface area (Å²) in [4.78, 5) is 10.3. The molecule has 1 unspecified atom stereocenters. The van der Waals surface area contributed by atoms with Crippen LogP contribution in [0, 0.1) is 11.3 Å². The highest BCUT2D eigenvalue weighted by Crippen LogP contribution is 2.25. The summed E-state index contributed by atoms with van der Waals surface area (Å²) in [7, 11) is 0. The van der Waals surface area contributed by atoms with Crippen LogP contribution in [0.3, 0.4) is 0 Å². The molecule has 0 aliphatic rings. The van der Waals surface area contributed by atoms with Crippen molar-refractivity contribution in [2.75, 3.05) is 0 Å². The van der Waals surface area contributed by atoms with E-state index in [0.29, 0.717) is 12.0 Å². The van der Waals surface area contributed by atoms with Crippen molar-refractivity contribution in [2.45, 2.75) is 6.10 Å². The van der Waals surface area contributed by atoms with E-state index >= 15 is 0 Å². The fourth-order valence-corrected chi connectivity index (χ4v) is 1.71. The number of carbonyl (C=O) groups excluding carboxylic acids is 1. The number of fused-ring (bicyclic) bond motifs is 1. The van der Waals surface area contributed by atoms with Gasteiger partial charge >= 0.3 is 0 Å². The molecule has 0 heterocycles. The third-order valence-corrected chi connectivity index (χ3v) is 2.41. The first-order valence-electron chi connectivity index (χ1n) is 4.83. The summed E-state index contributed by atoms with van der Waals surface area (Å²) >= 11 is 0. The van der Waals surface area contributed by atoms with Crippen LogP contribution in [0.25, 0.3) is 10.8 Å². The first kappa shape index (κ1) is 10.2. The highest BCUT2D eigenvalue weighted by Gasteiger charge is 2.13. The maximum atomic E-state index is 10.3. The molecule has 16 heavy (non-hydrogen) atoms. The lowest BCUT2D eigenvalue weighted by atomic mass is 10.0. The largest absolute Gasteiger partial charge is 0.444 e. The average molecular weight is 211 g/mol. The Morgan fingerprint density at radius 1 is 1.19 bits per heavy atom. The number of ether oxygens (including phenoxy) is 1. The number of hydrogen-bond donors (Lipinski definition) is 0. The van der Waals surface area contributed by atoms with E-state index in [0.717, 1.165) is 10.8 Å². The Labute approximate surface area is 92.9 Å². The molecule has 3 heteroatoms. The van der Waals surface area contributed by atoms with Crippen LogP contribution in [0.5, 0.6) is 0 Å². The van der Waals surface area contributed by atoms with Crippen molar-refractivity contribution < 1.29 is 9.53 Å². The van der Waals surface area contributed by atoms with Crippen molar-refractivity contribution in [1.29, 1.82) is 5.26 Å². The van der Waals surface area contributed by atoms with E-state index in [9.17, 15) is 4.79 Å². The molecule has 0 bridgehead atoms. The standard InChI is InChI=1S/C13H9NO2/c14-8-13(16-9-15)12-7-3-5-10-4-1-2-6-11(10)12/h1-7,9,13H. The van der Waals surface area contributed by atoms with E-state index in [-0.39, 0.29) is 0 Å². The first-order chi connectivity index (χ1) is 7.86. The minimum absolute atomic E-state index is 0.301. The molecule has 1 atom stereocenters. The molecule has 0 aliphatic heterocycles. The molecule has 2 rings (SSSR count). The summed E-state index contributed by atoms with van der Waals surface area (Å²) in [5.41, 5.74) is 0.715. The first-order valence-corrected chi connectivity index (χ1v) is 4.83. The predicted molar refractivity (Wildman–Crippen MR) is 59.5 cm³/mol. The van der Waals surface area contributed by atoms with Crippen molar-refractivity contribution >= 4 is 17.2 Å². The number of nitriles is 1. The molecule has 3 nitrogen and oxygen atoms in total. The lowest BCUT2D eigenvalue weighted by molar-refractivity contribution is -0.131. The van der Waals surface area contributed by atoms with Crippen LogP contribution >= 0.6 is 0 Å². The fraction of sp³-hybridized carbons (Fsp3) is 0.0769. The molecule has 0 saturated carbocycles. The molecule has 0 amide bonds. The van der Waals surface area contributed by atoms with Gasteiger partial charge in [0.25, 0.3) is 6.47 Å². The molecule has 0 aromatic heterocycles.